The fourth-order valence-corrected chi connectivity index (χ4v) is 4.43. The second-order valence-electron chi connectivity index (χ2n) is 11.3. The molecule has 0 N–H and O–H groups in total. The maximum atomic E-state index is 14.0. The number of hydrogen-bond acceptors (Lipinski definition) is 4. The standard InChI is InChI=1S/C30H36ClNO4/c1-9-36-28(35)30(7,8)17-22-24(27(34)29(4,5)6)23-16-20(18(2)3)14-15-32(23)25(22)26(33)19-10-12-21(31)13-11-19/h10-16,18H,9,17H2,1-8H3. The van der Waals surface area contributed by atoms with Gasteiger partial charge < -0.3 is 9.14 Å². The Morgan fingerprint density at radius 2 is 1.61 bits per heavy atom. The summed E-state index contributed by atoms with van der Waals surface area (Å²) in [5, 5.41) is 0.528. The van der Waals surface area contributed by atoms with Gasteiger partial charge in [0, 0.05) is 27.8 Å². The predicted molar refractivity (Wildman–Crippen MR) is 144 cm³/mol. The highest BCUT2D eigenvalue weighted by Crippen LogP contribution is 2.37. The number of ether oxygens (including phenoxy) is 1. The molecule has 0 aliphatic rings. The average molecular weight is 510 g/mol. The normalized spacial score (nSPS) is 12.3. The van der Waals surface area contributed by atoms with Gasteiger partial charge in [0.25, 0.3) is 0 Å². The SMILES string of the molecule is CCOC(=O)C(C)(C)Cc1c(C(=O)C(C)(C)C)c2cc(C(C)C)ccn2c1C(=O)c1ccc(Cl)cc1. The molecule has 0 aliphatic heterocycles. The highest BCUT2D eigenvalue weighted by molar-refractivity contribution is 6.30. The van der Waals surface area contributed by atoms with Crippen LogP contribution in [0.15, 0.2) is 42.6 Å². The summed E-state index contributed by atoms with van der Waals surface area (Å²) in [5.74, 6) is -0.452. The van der Waals surface area contributed by atoms with Crippen molar-refractivity contribution in [1.82, 2.24) is 4.40 Å². The molecule has 0 saturated heterocycles. The third-order valence-electron chi connectivity index (χ3n) is 6.41. The maximum Gasteiger partial charge on any atom is 0.311 e. The van der Waals surface area contributed by atoms with Crippen molar-refractivity contribution in [2.24, 2.45) is 10.8 Å². The maximum absolute atomic E-state index is 14.0. The van der Waals surface area contributed by atoms with Gasteiger partial charge in [-0.25, -0.2) is 0 Å². The highest BCUT2D eigenvalue weighted by atomic mass is 35.5. The first-order valence-electron chi connectivity index (χ1n) is 12.4. The lowest BCUT2D eigenvalue weighted by Gasteiger charge is -2.24. The molecule has 1 aromatic carbocycles. The zero-order chi connectivity index (χ0) is 27.0. The van der Waals surface area contributed by atoms with E-state index in [0.29, 0.717) is 32.9 Å². The van der Waals surface area contributed by atoms with Gasteiger partial charge in [0.15, 0.2) is 5.78 Å². The second kappa shape index (κ2) is 10.2. The van der Waals surface area contributed by atoms with Crippen LogP contribution in [0.25, 0.3) is 5.52 Å². The number of esters is 1. The van der Waals surface area contributed by atoms with E-state index in [1.165, 1.54) is 0 Å². The lowest BCUT2D eigenvalue weighted by Crippen LogP contribution is -2.31. The summed E-state index contributed by atoms with van der Waals surface area (Å²) in [7, 11) is 0. The van der Waals surface area contributed by atoms with Crippen LogP contribution < -0.4 is 0 Å². The average Bonchev–Trinajstić information content (AvgIpc) is 3.10. The van der Waals surface area contributed by atoms with E-state index in [1.807, 2.05) is 39.1 Å². The Morgan fingerprint density at radius 1 is 1.00 bits per heavy atom. The van der Waals surface area contributed by atoms with E-state index in [2.05, 4.69) is 13.8 Å². The summed E-state index contributed by atoms with van der Waals surface area (Å²) in [4.78, 5) is 40.8. The smallest absolute Gasteiger partial charge is 0.311 e. The molecule has 2 heterocycles. The number of halogens is 1. The lowest BCUT2D eigenvalue weighted by atomic mass is 9.79. The number of carbonyl (C=O) groups is 3. The Bertz CT molecular complexity index is 1310. The van der Waals surface area contributed by atoms with Crippen LogP contribution in [-0.4, -0.2) is 28.5 Å². The van der Waals surface area contributed by atoms with Crippen LogP contribution in [0.1, 0.15) is 98.8 Å². The quantitative estimate of drug-likeness (QED) is 0.236. The van der Waals surface area contributed by atoms with Gasteiger partial charge in [-0.3, -0.25) is 14.4 Å². The Kier molecular flexibility index (Phi) is 7.85. The minimum atomic E-state index is -0.955. The predicted octanol–water partition coefficient (Wildman–Crippen LogP) is 7.31. The van der Waals surface area contributed by atoms with Crippen LogP contribution in [-0.2, 0) is 16.0 Å². The molecule has 3 aromatic rings. The number of fused-ring (bicyclic) bond motifs is 1. The van der Waals surface area contributed by atoms with Crippen LogP contribution >= 0.6 is 11.6 Å². The number of Topliss-reactive ketones (excluding diaryl/α,β-unsaturated/α-hetero) is 1. The monoisotopic (exact) mass is 509 g/mol. The lowest BCUT2D eigenvalue weighted by molar-refractivity contribution is -0.153. The Morgan fingerprint density at radius 3 is 2.14 bits per heavy atom. The van der Waals surface area contributed by atoms with E-state index in [-0.39, 0.29) is 36.5 Å². The van der Waals surface area contributed by atoms with Crippen LogP contribution in [0, 0.1) is 10.8 Å². The minimum absolute atomic E-state index is 0.0780. The summed E-state index contributed by atoms with van der Waals surface area (Å²) in [6, 6.07) is 10.7. The van der Waals surface area contributed by atoms with Crippen LogP contribution in [0.2, 0.25) is 5.02 Å². The van der Waals surface area contributed by atoms with Gasteiger partial charge in [-0.1, -0.05) is 46.2 Å². The molecule has 0 amide bonds. The third-order valence-corrected chi connectivity index (χ3v) is 6.66. The molecule has 0 radical (unpaired) electrons. The summed E-state index contributed by atoms with van der Waals surface area (Å²) in [6.45, 7) is 15.4. The molecule has 3 rings (SSSR count). The van der Waals surface area contributed by atoms with Crippen molar-refractivity contribution in [2.75, 3.05) is 6.61 Å². The van der Waals surface area contributed by atoms with Gasteiger partial charge >= 0.3 is 5.97 Å². The fourth-order valence-electron chi connectivity index (χ4n) is 4.31. The first kappa shape index (κ1) is 27.7. The molecule has 192 valence electrons. The second-order valence-corrected chi connectivity index (χ2v) is 11.7. The third kappa shape index (κ3) is 5.41. The van der Waals surface area contributed by atoms with E-state index in [4.69, 9.17) is 16.3 Å². The number of hydrogen-bond donors (Lipinski definition) is 0. The van der Waals surface area contributed by atoms with Gasteiger partial charge in [-0.15, -0.1) is 0 Å². The summed E-state index contributed by atoms with van der Waals surface area (Å²) >= 11 is 6.07. The van der Waals surface area contributed by atoms with E-state index in [0.717, 1.165) is 5.56 Å². The molecule has 0 unspecified atom stereocenters. The van der Waals surface area contributed by atoms with Crippen molar-refractivity contribution in [3.63, 3.8) is 0 Å². The number of rotatable bonds is 8. The summed E-state index contributed by atoms with van der Waals surface area (Å²) < 4.78 is 7.14. The number of nitrogens with zero attached hydrogens (tertiary/aromatic N) is 1. The largest absolute Gasteiger partial charge is 0.466 e. The number of carbonyl (C=O) groups excluding carboxylic acids is 3. The number of benzene rings is 1. The van der Waals surface area contributed by atoms with Crippen molar-refractivity contribution in [1.29, 1.82) is 0 Å². The van der Waals surface area contributed by atoms with Gasteiger partial charge in [-0.05, 0) is 80.6 Å². The van der Waals surface area contributed by atoms with Crippen molar-refractivity contribution >= 4 is 34.7 Å². The molecule has 0 bridgehead atoms. The van der Waals surface area contributed by atoms with Crippen molar-refractivity contribution < 1.29 is 19.1 Å². The van der Waals surface area contributed by atoms with Crippen molar-refractivity contribution in [2.45, 2.75) is 67.7 Å². The van der Waals surface area contributed by atoms with Gasteiger partial charge in [0.1, 0.15) is 0 Å². The summed E-state index contributed by atoms with van der Waals surface area (Å²) in [6.07, 6.45) is 2.03. The Labute approximate surface area is 218 Å². The van der Waals surface area contributed by atoms with E-state index >= 15 is 0 Å². The minimum Gasteiger partial charge on any atom is -0.466 e. The summed E-state index contributed by atoms with van der Waals surface area (Å²) in [5.41, 5.74) is 1.97. The number of aromatic nitrogens is 1. The topological polar surface area (TPSA) is 64.8 Å². The van der Waals surface area contributed by atoms with Crippen molar-refractivity contribution in [3.05, 3.63) is 75.6 Å². The Hall–Kier alpha value is -2.92. The zero-order valence-corrected chi connectivity index (χ0v) is 23.2. The van der Waals surface area contributed by atoms with Crippen molar-refractivity contribution in [3.8, 4) is 0 Å². The highest BCUT2D eigenvalue weighted by Gasteiger charge is 2.38. The van der Waals surface area contributed by atoms with Gasteiger partial charge in [0.05, 0.1) is 23.2 Å². The molecule has 0 aliphatic carbocycles. The molecule has 0 saturated carbocycles. The molecule has 36 heavy (non-hydrogen) atoms. The Balaban J connectivity index is 2.42. The molecule has 0 atom stereocenters. The van der Waals surface area contributed by atoms with E-state index in [1.54, 1.807) is 49.4 Å². The van der Waals surface area contributed by atoms with Crippen LogP contribution in [0.5, 0.6) is 0 Å². The number of pyridine rings is 1. The van der Waals surface area contributed by atoms with Crippen LogP contribution in [0.3, 0.4) is 0 Å². The van der Waals surface area contributed by atoms with E-state index in [9.17, 15) is 14.4 Å². The first-order valence-corrected chi connectivity index (χ1v) is 12.8. The first-order chi connectivity index (χ1) is 16.7. The molecular formula is C30H36ClNO4. The van der Waals surface area contributed by atoms with Gasteiger partial charge in [-0.2, -0.15) is 0 Å². The molecule has 0 spiro atoms. The van der Waals surface area contributed by atoms with Gasteiger partial charge in [0.2, 0.25) is 5.78 Å². The molecular weight excluding hydrogens is 474 g/mol. The van der Waals surface area contributed by atoms with Crippen LogP contribution in [0.4, 0.5) is 0 Å². The zero-order valence-electron chi connectivity index (χ0n) is 22.5. The molecule has 2 aromatic heterocycles. The molecule has 0 fully saturated rings. The number of ketones is 2. The molecule has 5 nitrogen and oxygen atoms in total. The fraction of sp³-hybridized carbons (Fsp3) is 0.433. The molecule has 6 heteroatoms. The van der Waals surface area contributed by atoms with E-state index < -0.39 is 10.8 Å².